The molecule has 1 unspecified atom stereocenters. The van der Waals surface area contributed by atoms with Gasteiger partial charge in [-0.2, -0.15) is 0 Å². The number of hydrogen-bond acceptors (Lipinski definition) is 5. The van der Waals surface area contributed by atoms with Gasteiger partial charge in [-0.15, -0.1) is 5.92 Å². The monoisotopic (exact) mass is 479 g/mol. The van der Waals surface area contributed by atoms with Crippen molar-refractivity contribution in [3.05, 3.63) is 23.8 Å². The highest BCUT2D eigenvalue weighted by Gasteiger charge is 2.53. The van der Waals surface area contributed by atoms with E-state index < -0.39 is 11.6 Å². The first-order valence-electron chi connectivity index (χ1n) is 13.2. The van der Waals surface area contributed by atoms with Gasteiger partial charge in [-0.3, -0.25) is 14.5 Å². The van der Waals surface area contributed by atoms with Crippen LogP contribution in [0.25, 0.3) is 0 Å². The van der Waals surface area contributed by atoms with Crippen molar-refractivity contribution >= 4 is 11.8 Å². The molecule has 2 saturated heterocycles. The van der Waals surface area contributed by atoms with Gasteiger partial charge in [-0.1, -0.05) is 44.1 Å². The van der Waals surface area contributed by atoms with Crippen LogP contribution in [0.15, 0.2) is 18.2 Å². The highest BCUT2D eigenvalue weighted by molar-refractivity contribution is 6.00. The molecule has 0 bridgehead atoms. The molecule has 0 radical (unpaired) electrons. The predicted molar refractivity (Wildman–Crippen MR) is 133 cm³/mol. The summed E-state index contributed by atoms with van der Waals surface area (Å²) in [5.41, 5.74) is 0.364. The quantitative estimate of drug-likeness (QED) is 0.657. The summed E-state index contributed by atoms with van der Waals surface area (Å²) in [6, 6.07) is 5.69. The number of piperazine rings is 1. The summed E-state index contributed by atoms with van der Waals surface area (Å²) in [6.45, 7) is 5.55. The van der Waals surface area contributed by atoms with Crippen molar-refractivity contribution in [3.63, 3.8) is 0 Å². The molecule has 1 spiro atoms. The number of nitrogens with one attached hydrogen (secondary N) is 1. The maximum atomic E-state index is 13.6. The highest BCUT2D eigenvalue weighted by Crippen LogP contribution is 2.36. The van der Waals surface area contributed by atoms with Crippen molar-refractivity contribution in [1.82, 2.24) is 15.1 Å². The van der Waals surface area contributed by atoms with Gasteiger partial charge in [0.1, 0.15) is 24.8 Å². The molecular formula is C28H37N3O4. The Hall–Kier alpha value is -2.72. The Balaban J connectivity index is 1.26. The van der Waals surface area contributed by atoms with Gasteiger partial charge in [0, 0.05) is 19.6 Å². The molecule has 3 aliphatic heterocycles. The van der Waals surface area contributed by atoms with E-state index in [4.69, 9.17) is 9.47 Å². The molecule has 1 N–H and O–H groups in total. The first-order valence-corrected chi connectivity index (χ1v) is 13.2. The van der Waals surface area contributed by atoms with Crippen molar-refractivity contribution in [2.75, 3.05) is 32.8 Å². The van der Waals surface area contributed by atoms with Crippen LogP contribution in [0.4, 0.5) is 0 Å². The topological polar surface area (TPSA) is 71.1 Å². The predicted octanol–water partition coefficient (Wildman–Crippen LogP) is 3.11. The number of nitrogens with zero attached hydrogens (tertiary/aromatic N) is 2. The molecule has 3 fully saturated rings. The molecule has 4 aliphatic rings. The Morgan fingerprint density at radius 1 is 1.06 bits per heavy atom. The Morgan fingerprint density at radius 2 is 1.80 bits per heavy atom. The number of carbonyl (C=O) groups is 2. The van der Waals surface area contributed by atoms with Gasteiger partial charge in [-0.25, -0.2) is 0 Å². The van der Waals surface area contributed by atoms with Crippen LogP contribution < -0.4 is 14.8 Å². The molecular weight excluding hydrogens is 442 g/mol. The second-order valence-corrected chi connectivity index (χ2v) is 10.4. The van der Waals surface area contributed by atoms with Crippen LogP contribution >= 0.6 is 0 Å². The van der Waals surface area contributed by atoms with Gasteiger partial charge in [0.2, 0.25) is 11.8 Å². The Bertz CT molecular complexity index is 999. The zero-order valence-electron chi connectivity index (χ0n) is 20.8. The molecule has 188 valence electrons. The number of piperidine rings is 1. The molecule has 0 aromatic heterocycles. The summed E-state index contributed by atoms with van der Waals surface area (Å²) in [7, 11) is 0. The second-order valence-electron chi connectivity index (χ2n) is 10.4. The largest absolute Gasteiger partial charge is 0.486 e. The van der Waals surface area contributed by atoms with E-state index in [1.165, 1.54) is 19.3 Å². The first-order chi connectivity index (χ1) is 17.1. The molecule has 5 rings (SSSR count). The maximum Gasteiger partial charge on any atom is 0.246 e. The van der Waals surface area contributed by atoms with Gasteiger partial charge in [0.25, 0.3) is 0 Å². The lowest BCUT2D eigenvalue weighted by Crippen LogP contribution is -2.73. The summed E-state index contributed by atoms with van der Waals surface area (Å²) in [6.07, 6.45) is 8.07. The number of fused-ring (bicyclic) bond motifs is 1. The summed E-state index contributed by atoms with van der Waals surface area (Å²) in [5.74, 6) is 8.19. The molecule has 2 amide bonds. The number of rotatable bonds is 5. The number of carbonyl (C=O) groups excluding carboxylic acids is 2. The molecule has 7 nitrogen and oxygen atoms in total. The zero-order chi connectivity index (χ0) is 24.3. The molecule has 3 heterocycles. The molecule has 7 heteroatoms. The molecule has 1 aliphatic carbocycles. The van der Waals surface area contributed by atoms with Crippen LogP contribution in [0.1, 0.15) is 63.9 Å². The summed E-state index contributed by atoms with van der Waals surface area (Å²) >= 11 is 0. The van der Waals surface area contributed by atoms with E-state index in [9.17, 15) is 9.59 Å². The normalized spacial score (nSPS) is 24.6. The van der Waals surface area contributed by atoms with E-state index in [0.717, 1.165) is 56.0 Å². The number of benzene rings is 1. The second kappa shape index (κ2) is 10.5. The standard InChI is InChI=1S/C28H37N3O4/c1-2-3-13-31-26(32)23(18-21-7-5-4-6-8-21)29-27(33)28(31)11-14-30(15-12-28)20-22-9-10-24-25(19-22)35-17-16-34-24/h9-10,19,21,23H,4-8,11-18,20H2,1H3,(H,29,33). The lowest BCUT2D eigenvalue weighted by molar-refractivity contribution is -0.160. The molecule has 1 aromatic rings. The average molecular weight is 480 g/mol. The number of ether oxygens (including phenoxy) is 2. The van der Waals surface area contributed by atoms with Crippen molar-refractivity contribution in [1.29, 1.82) is 0 Å². The molecule has 1 atom stereocenters. The van der Waals surface area contributed by atoms with Crippen molar-refractivity contribution < 1.29 is 19.1 Å². The van der Waals surface area contributed by atoms with E-state index >= 15 is 0 Å². The lowest BCUT2D eigenvalue weighted by atomic mass is 9.79. The van der Waals surface area contributed by atoms with Crippen LogP contribution in [0.3, 0.4) is 0 Å². The zero-order valence-corrected chi connectivity index (χ0v) is 20.8. The summed E-state index contributed by atoms with van der Waals surface area (Å²) in [4.78, 5) is 31.4. The van der Waals surface area contributed by atoms with Gasteiger partial charge < -0.3 is 19.7 Å². The first kappa shape index (κ1) is 24.0. The van der Waals surface area contributed by atoms with E-state index in [1.807, 2.05) is 11.0 Å². The van der Waals surface area contributed by atoms with Gasteiger partial charge in [-0.05, 0) is 49.8 Å². The van der Waals surface area contributed by atoms with Gasteiger partial charge in [0.15, 0.2) is 11.5 Å². The van der Waals surface area contributed by atoms with E-state index in [2.05, 4.69) is 34.2 Å². The fraction of sp³-hybridized carbons (Fsp3) is 0.643. The van der Waals surface area contributed by atoms with Crippen LogP contribution in [0, 0.1) is 17.8 Å². The Kier molecular flexibility index (Phi) is 7.19. The third-order valence-electron chi connectivity index (χ3n) is 8.21. The number of hydrogen-bond donors (Lipinski definition) is 1. The van der Waals surface area contributed by atoms with Crippen LogP contribution in [-0.2, 0) is 16.1 Å². The third kappa shape index (κ3) is 4.99. The van der Waals surface area contributed by atoms with Crippen LogP contribution in [-0.4, -0.2) is 66.0 Å². The minimum Gasteiger partial charge on any atom is -0.486 e. The number of likely N-dealkylation sites (tertiary alicyclic amines) is 1. The summed E-state index contributed by atoms with van der Waals surface area (Å²) < 4.78 is 11.4. The minimum atomic E-state index is -0.798. The van der Waals surface area contributed by atoms with Gasteiger partial charge in [0.05, 0.1) is 6.54 Å². The fourth-order valence-electron chi connectivity index (χ4n) is 6.20. The minimum absolute atomic E-state index is 0.00907. The highest BCUT2D eigenvalue weighted by atomic mass is 16.6. The lowest BCUT2D eigenvalue weighted by Gasteiger charge is -2.51. The molecule has 1 aromatic carbocycles. The van der Waals surface area contributed by atoms with E-state index in [0.29, 0.717) is 38.5 Å². The maximum absolute atomic E-state index is 13.6. The van der Waals surface area contributed by atoms with Crippen molar-refractivity contribution in [2.45, 2.75) is 76.4 Å². The van der Waals surface area contributed by atoms with Crippen molar-refractivity contribution in [2.24, 2.45) is 5.92 Å². The smallest absolute Gasteiger partial charge is 0.246 e. The Morgan fingerprint density at radius 3 is 2.54 bits per heavy atom. The fourth-order valence-corrected chi connectivity index (χ4v) is 6.20. The molecule has 1 saturated carbocycles. The van der Waals surface area contributed by atoms with Gasteiger partial charge >= 0.3 is 0 Å². The van der Waals surface area contributed by atoms with Crippen molar-refractivity contribution in [3.8, 4) is 23.3 Å². The Labute approximate surface area is 208 Å². The number of amides is 2. The molecule has 35 heavy (non-hydrogen) atoms. The average Bonchev–Trinajstić information content (AvgIpc) is 2.89. The summed E-state index contributed by atoms with van der Waals surface area (Å²) in [5, 5.41) is 3.15. The third-order valence-corrected chi connectivity index (χ3v) is 8.21. The SMILES string of the molecule is CC#CCN1C(=O)C(CC2CCCCC2)NC(=O)C12CCN(Cc1ccc3c(c1)OCCO3)CC2. The van der Waals surface area contributed by atoms with Crippen LogP contribution in [0.2, 0.25) is 0 Å². The van der Waals surface area contributed by atoms with E-state index in [1.54, 1.807) is 6.92 Å². The van der Waals surface area contributed by atoms with E-state index in [-0.39, 0.29) is 11.8 Å². The van der Waals surface area contributed by atoms with Crippen LogP contribution in [0.5, 0.6) is 11.5 Å².